The second kappa shape index (κ2) is 6.88. The SMILES string of the molecule is Cc1ccc(C)c(S(=O)(=O)N2CCC(n3cnnc3C(C)C)CC2)c1. The van der Waals surface area contributed by atoms with Gasteiger partial charge in [0.15, 0.2) is 0 Å². The van der Waals surface area contributed by atoms with Crippen LogP contribution in [0.15, 0.2) is 29.4 Å². The van der Waals surface area contributed by atoms with E-state index in [-0.39, 0.29) is 6.04 Å². The van der Waals surface area contributed by atoms with Gasteiger partial charge in [-0.25, -0.2) is 8.42 Å². The molecule has 0 radical (unpaired) electrons. The fourth-order valence-corrected chi connectivity index (χ4v) is 5.21. The lowest BCUT2D eigenvalue weighted by atomic mass is 10.1. The van der Waals surface area contributed by atoms with Crippen LogP contribution in [0.5, 0.6) is 0 Å². The zero-order valence-electron chi connectivity index (χ0n) is 15.3. The van der Waals surface area contributed by atoms with Crippen molar-refractivity contribution in [2.75, 3.05) is 13.1 Å². The first-order chi connectivity index (χ1) is 11.8. The molecule has 0 bridgehead atoms. The monoisotopic (exact) mass is 362 g/mol. The first-order valence-corrected chi connectivity index (χ1v) is 10.2. The van der Waals surface area contributed by atoms with Gasteiger partial charge in [0, 0.05) is 25.0 Å². The molecule has 0 aliphatic carbocycles. The van der Waals surface area contributed by atoms with Gasteiger partial charge in [0.1, 0.15) is 12.2 Å². The molecule has 136 valence electrons. The Bertz CT molecular complexity index is 850. The van der Waals surface area contributed by atoms with Gasteiger partial charge in [0.25, 0.3) is 0 Å². The third kappa shape index (κ3) is 3.48. The second-order valence-corrected chi connectivity index (χ2v) is 9.06. The summed E-state index contributed by atoms with van der Waals surface area (Å²) < 4.78 is 29.8. The Hall–Kier alpha value is -1.73. The summed E-state index contributed by atoms with van der Waals surface area (Å²) >= 11 is 0. The highest BCUT2D eigenvalue weighted by Crippen LogP contribution is 2.30. The number of hydrogen-bond acceptors (Lipinski definition) is 4. The van der Waals surface area contributed by atoms with Crippen molar-refractivity contribution in [3.8, 4) is 0 Å². The van der Waals surface area contributed by atoms with Crippen molar-refractivity contribution in [1.82, 2.24) is 19.1 Å². The van der Waals surface area contributed by atoms with E-state index in [0.29, 0.717) is 23.9 Å². The van der Waals surface area contributed by atoms with Crippen LogP contribution >= 0.6 is 0 Å². The molecule has 0 spiro atoms. The van der Waals surface area contributed by atoms with Gasteiger partial charge in [0.2, 0.25) is 10.0 Å². The number of hydrogen-bond donors (Lipinski definition) is 0. The summed E-state index contributed by atoms with van der Waals surface area (Å²) in [5.74, 6) is 1.27. The van der Waals surface area contributed by atoms with Gasteiger partial charge in [-0.05, 0) is 43.9 Å². The Morgan fingerprint density at radius 3 is 2.48 bits per heavy atom. The topological polar surface area (TPSA) is 68.1 Å². The smallest absolute Gasteiger partial charge is 0.243 e. The fraction of sp³-hybridized carbons (Fsp3) is 0.556. The van der Waals surface area contributed by atoms with Crippen molar-refractivity contribution in [2.24, 2.45) is 0 Å². The fourth-order valence-electron chi connectivity index (χ4n) is 3.43. The lowest BCUT2D eigenvalue weighted by Gasteiger charge is -2.32. The Labute approximate surface area is 149 Å². The molecule has 25 heavy (non-hydrogen) atoms. The summed E-state index contributed by atoms with van der Waals surface area (Å²) in [6, 6.07) is 5.85. The minimum Gasteiger partial charge on any atom is -0.314 e. The van der Waals surface area contributed by atoms with E-state index in [4.69, 9.17) is 0 Å². The molecule has 3 rings (SSSR count). The number of piperidine rings is 1. The van der Waals surface area contributed by atoms with Gasteiger partial charge < -0.3 is 4.57 Å². The van der Waals surface area contributed by atoms with E-state index in [1.807, 2.05) is 26.0 Å². The van der Waals surface area contributed by atoms with Crippen molar-refractivity contribution in [3.63, 3.8) is 0 Å². The largest absolute Gasteiger partial charge is 0.314 e. The minimum atomic E-state index is -3.44. The number of aryl methyl sites for hydroxylation is 2. The van der Waals surface area contributed by atoms with Gasteiger partial charge in [-0.3, -0.25) is 0 Å². The molecule has 1 aliphatic heterocycles. The molecular weight excluding hydrogens is 336 g/mol. The normalized spacial score (nSPS) is 17.3. The third-order valence-electron chi connectivity index (χ3n) is 4.90. The van der Waals surface area contributed by atoms with E-state index < -0.39 is 10.0 Å². The summed E-state index contributed by atoms with van der Waals surface area (Å²) in [6.07, 6.45) is 3.33. The molecule has 0 N–H and O–H groups in total. The zero-order valence-corrected chi connectivity index (χ0v) is 16.1. The minimum absolute atomic E-state index is 0.262. The first-order valence-electron chi connectivity index (χ1n) is 8.77. The lowest BCUT2D eigenvalue weighted by molar-refractivity contribution is 0.268. The van der Waals surface area contributed by atoms with Gasteiger partial charge in [0.05, 0.1) is 4.90 Å². The molecule has 0 saturated carbocycles. The Kier molecular flexibility index (Phi) is 4.97. The molecule has 1 aromatic carbocycles. The maximum Gasteiger partial charge on any atom is 0.243 e. The molecule has 6 nitrogen and oxygen atoms in total. The van der Waals surface area contributed by atoms with E-state index in [0.717, 1.165) is 29.8 Å². The standard InChI is InChI=1S/C18H26N4O2S/c1-13(2)18-20-19-12-22(18)16-7-9-21(10-8-16)25(23,24)17-11-14(3)5-6-15(17)4/h5-6,11-13,16H,7-10H2,1-4H3. The van der Waals surface area contributed by atoms with E-state index >= 15 is 0 Å². The molecule has 0 amide bonds. The van der Waals surface area contributed by atoms with E-state index in [9.17, 15) is 8.42 Å². The molecule has 2 heterocycles. The van der Waals surface area contributed by atoms with Crippen molar-refractivity contribution < 1.29 is 8.42 Å². The van der Waals surface area contributed by atoms with Crippen LogP contribution in [-0.2, 0) is 10.0 Å². The Morgan fingerprint density at radius 2 is 1.84 bits per heavy atom. The van der Waals surface area contributed by atoms with Crippen LogP contribution < -0.4 is 0 Å². The van der Waals surface area contributed by atoms with E-state index in [2.05, 4.69) is 28.6 Å². The molecule has 1 aliphatic rings. The van der Waals surface area contributed by atoms with E-state index in [1.165, 1.54) is 0 Å². The van der Waals surface area contributed by atoms with Crippen LogP contribution in [-0.4, -0.2) is 40.6 Å². The Morgan fingerprint density at radius 1 is 1.16 bits per heavy atom. The van der Waals surface area contributed by atoms with Crippen LogP contribution in [0.25, 0.3) is 0 Å². The molecule has 7 heteroatoms. The maximum atomic E-state index is 13.0. The molecule has 2 aromatic rings. The quantitative estimate of drug-likeness (QED) is 0.838. The highest BCUT2D eigenvalue weighted by Gasteiger charge is 2.31. The van der Waals surface area contributed by atoms with Gasteiger partial charge >= 0.3 is 0 Å². The van der Waals surface area contributed by atoms with Crippen LogP contribution in [0.4, 0.5) is 0 Å². The van der Waals surface area contributed by atoms with Crippen LogP contribution in [0, 0.1) is 13.8 Å². The average Bonchev–Trinajstić information content (AvgIpc) is 3.07. The molecule has 1 fully saturated rings. The van der Waals surface area contributed by atoms with Crippen molar-refractivity contribution in [2.45, 2.75) is 57.4 Å². The molecule has 0 atom stereocenters. The molecule has 1 saturated heterocycles. The predicted octanol–water partition coefficient (Wildman–Crippen LogP) is 3.04. The van der Waals surface area contributed by atoms with Gasteiger partial charge in [-0.2, -0.15) is 4.31 Å². The lowest BCUT2D eigenvalue weighted by Crippen LogP contribution is -2.39. The van der Waals surface area contributed by atoms with Gasteiger partial charge in [-0.15, -0.1) is 10.2 Å². The highest BCUT2D eigenvalue weighted by atomic mass is 32.2. The molecule has 1 aromatic heterocycles. The second-order valence-electron chi connectivity index (χ2n) is 7.16. The Balaban J connectivity index is 1.78. The summed E-state index contributed by atoms with van der Waals surface area (Å²) in [7, 11) is -3.44. The number of rotatable bonds is 4. The summed E-state index contributed by atoms with van der Waals surface area (Å²) in [4.78, 5) is 0.429. The first kappa shape index (κ1) is 18.1. The summed E-state index contributed by atoms with van der Waals surface area (Å²) in [5, 5.41) is 8.25. The van der Waals surface area contributed by atoms with Crippen molar-refractivity contribution in [1.29, 1.82) is 0 Å². The van der Waals surface area contributed by atoms with Crippen molar-refractivity contribution in [3.05, 3.63) is 41.5 Å². The molecule has 0 unspecified atom stereocenters. The number of benzene rings is 1. The van der Waals surface area contributed by atoms with Crippen LogP contribution in [0.3, 0.4) is 0 Å². The number of nitrogens with zero attached hydrogens (tertiary/aromatic N) is 4. The van der Waals surface area contributed by atoms with Crippen molar-refractivity contribution >= 4 is 10.0 Å². The maximum absolute atomic E-state index is 13.0. The average molecular weight is 362 g/mol. The summed E-state index contributed by atoms with van der Waals surface area (Å²) in [6.45, 7) is 9.02. The third-order valence-corrected chi connectivity index (χ3v) is 6.94. The van der Waals surface area contributed by atoms with Crippen LogP contribution in [0.1, 0.15) is 55.6 Å². The number of aromatic nitrogens is 3. The van der Waals surface area contributed by atoms with Gasteiger partial charge in [-0.1, -0.05) is 26.0 Å². The highest BCUT2D eigenvalue weighted by molar-refractivity contribution is 7.89. The van der Waals surface area contributed by atoms with Crippen LogP contribution in [0.2, 0.25) is 0 Å². The summed E-state index contributed by atoms with van der Waals surface area (Å²) in [5.41, 5.74) is 1.76. The number of sulfonamides is 1. The molecular formula is C18H26N4O2S. The zero-order chi connectivity index (χ0) is 18.2. The van der Waals surface area contributed by atoms with E-state index in [1.54, 1.807) is 16.7 Å². The predicted molar refractivity (Wildman–Crippen MR) is 97.1 cm³/mol.